The third-order valence-corrected chi connectivity index (χ3v) is 10.4. The summed E-state index contributed by atoms with van der Waals surface area (Å²) in [6.07, 6.45) is 45.7. The van der Waals surface area contributed by atoms with Crippen LogP contribution in [0.25, 0.3) is 0 Å². The number of ether oxygens (including phenoxy) is 2. The molecule has 0 spiro atoms. The molecule has 8 nitrogen and oxygen atoms in total. The SMILES string of the molecule is CCCCCCCC/C=C\CCCCCCCCOC(=O)CCC(NC(=O)[C@@H](N)CCCCN)C(=O)OCCCCCCCC/C=C\CCCCCCCC. The van der Waals surface area contributed by atoms with Gasteiger partial charge in [-0.1, -0.05) is 160 Å². The van der Waals surface area contributed by atoms with E-state index >= 15 is 0 Å². The Hall–Kier alpha value is -2.19. The van der Waals surface area contributed by atoms with Crippen molar-refractivity contribution in [2.24, 2.45) is 11.5 Å². The molecule has 0 aliphatic heterocycles. The van der Waals surface area contributed by atoms with Gasteiger partial charge in [0.15, 0.2) is 0 Å². The van der Waals surface area contributed by atoms with Gasteiger partial charge in [-0.05, 0) is 90.0 Å². The molecule has 1 amide bonds. The van der Waals surface area contributed by atoms with Gasteiger partial charge in [-0.15, -0.1) is 0 Å². The molecule has 5 N–H and O–H groups in total. The Morgan fingerprint density at radius 2 is 0.909 bits per heavy atom. The Balaban J connectivity index is 4.21. The summed E-state index contributed by atoms with van der Waals surface area (Å²) in [4.78, 5) is 38.3. The molecule has 0 bridgehead atoms. The molecule has 0 rings (SSSR count). The zero-order chi connectivity index (χ0) is 40.3. The normalized spacial score (nSPS) is 12.7. The Morgan fingerprint density at radius 1 is 0.509 bits per heavy atom. The Kier molecular flexibility index (Phi) is 41.2. The molecule has 0 saturated heterocycles. The van der Waals surface area contributed by atoms with Gasteiger partial charge in [-0.3, -0.25) is 9.59 Å². The fourth-order valence-corrected chi connectivity index (χ4v) is 6.66. The summed E-state index contributed by atoms with van der Waals surface area (Å²) in [6, 6.07) is -1.67. The van der Waals surface area contributed by atoms with Gasteiger partial charge in [0.2, 0.25) is 5.91 Å². The minimum atomic E-state index is -0.930. The van der Waals surface area contributed by atoms with E-state index in [0.29, 0.717) is 26.2 Å². The molecule has 2 atom stereocenters. The molecular weight excluding hydrogens is 687 g/mol. The first-order valence-electron chi connectivity index (χ1n) is 23.3. The third kappa shape index (κ3) is 38.5. The van der Waals surface area contributed by atoms with Gasteiger partial charge in [-0.25, -0.2) is 4.79 Å². The maximum Gasteiger partial charge on any atom is 0.328 e. The highest BCUT2D eigenvalue weighted by Gasteiger charge is 2.26. The highest BCUT2D eigenvalue weighted by Crippen LogP contribution is 2.13. The smallest absolute Gasteiger partial charge is 0.328 e. The fraction of sp³-hybridized carbons (Fsp3) is 0.851. The number of allylic oxidation sites excluding steroid dienone is 4. The topological polar surface area (TPSA) is 134 Å². The second-order valence-corrected chi connectivity index (χ2v) is 15.8. The lowest BCUT2D eigenvalue weighted by molar-refractivity contribution is -0.149. The molecule has 0 saturated carbocycles. The molecule has 0 aliphatic rings. The predicted octanol–water partition coefficient (Wildman–Crippen LogP) is 11.9. The van der Waals surface area contributed by atoms with Crippen LogP contribution in [0.15, 0.2) is 24.3 Å². The number of carbonyl (C=O) groups excluding carboxylic acids is 3. The van der Waals surface area contributed by atoms with Crippen LogP contribution in [0.5, 0.6) is 0 Å². The van der Waals surface area contributed by atoms with Gasteiger partial charge in [0, 0.05) is 6.42 Å². The minimum Gasteiger partial charge on any atom is -0.466 e. The van der Waals surface area contributed by atoms with Gasteiger partial charge in [0.1, 0.15) is 6.04 Å². The first-order chi connectivity index (χ1) is 27.0. The average Bonchev–Trinajstić information content (AvgIpc) is 3.18. The minimum absolute atomic E-state index is 0.0308. The Bertz CT molecular complexity index is 924. The summed E-state index contributed by atoms with van der Waals surface area (Å²) >= 11 is 0. The molecule has 0 heterocycles. The van der Waals surface area contributed by atoms with Gasteiger partial charge >= 0.3 is 11.9 Å². The molecular formula is C47H89N3O5. The number of hydrogen-bond donors (Lipinski definition) is 3. The van der Waals surface area contributed by atoms with E-state index in [0.717, 1.165) is 57.8 Å². The number of unbranched alkanes of at least 4 members (excludes halogenated alkanes) is 25. The van der Waals surface area contributed by atoms with Gasteiger partial charge < -0.3 is 26.3 Å². The number of esters is 2. The quantitative estimate of drug-likeness (QED) is 0.0319. The second-order valence-electron chi connectivity index (χ2n) is 15.8. The van der Waals surface area contributed by atoms with Crippen LogP contribution in [0, 0.1) is 0 Å². The lowest BCUT2D eigenvalue weighted by Gasteiger charge is -2.20. The van der Waals surface area contributed by atoms with Crippen LogP contribution in [0.2, 0.25) is 0 Å². The van der Waals surface area contributed by atoms with Crippen LogP contribution in [0.4, 0.5) is 0 Å². The highest BCUT2D eigenvalue weighted by atomic mass is 16.5. The van der Waals surface area contributed by atoms with Crippen LogP contribution < -0.4 is 16.8 Å². The van der Waals surface area contributed by atoms with Crippen LogP contribution >= 0.6 is 0 Å². The molecule has 0 aromatic rings. The summed E-state index contributed by atoms with van der Waals surface area (Å²) in [5, 5.41) is 2.74. The van der Waals surface area contributed by atoms with Crippen LogP contribution in [-0.2, 0) is 23.9 Å². The standard InChI is InChI=1S/C47H89N3O5/c1-3-5-7-9-11-13-15-17-19-21-23-25-27-29-31-35-41-54-45(51)39-38-44(50-46(52)43(49)37-33-34-40-48)47(53)55-42-36-32-30-28-26-24-22-20-18-16-14-12-10-8-6-4-2/h17-20,43-44H,3-16,21-42,48-49H2,1-2H3,(H,50,52)/b19-17-,20-18-/t43-,44?/m0/s1. The largest absolute Gasteiger partial charge is 0.466 e. The zero-order valence-corrected chi connectivity index (χ0v) is 36.1. The second kappa shape index (κ2) is 42.9. The van der Waals surface area contributed by atoms with Gasteiger partial charge in [-0.2, -0.15) is 0 Å². The van der Waals surface area contributed by atoms with E-state index in [1.807, 2.05) is 0 Å². The van der Waals surface area contributed by atoms with E-state index in [2.05, 4.69) is 43.5 Å². The Labute approximate surface area is 339 Å². The van der Waals surface area contributed by atoms with Crippen molar-refractivity contribution in [1.82, 2.24) is 5.32 Å². The van der Waals surface area contributed by atoms with Crippen LogP contribution in [-0.4, -0.2) is 49.7 Å². The first kappa shape index (κ1) is 52.8. The number of rotatable bonds is 42. The van der Waals surface area contributed by atoms with Crippen molar-refractivity contribution >= 4 is 17.8 Å². The van der Waals surface area contributed by atoms with Crippen molar-refractivity contribution in [2.45, 2.75) is 238 Å². The molecule has 0 aromatic carbocycles. The van der Waals surface area contributed by atoms with E-state index in [-0.39, 0.29) is 18.8 Å². The molecule has 1 unspecified atom stereocenters. The van der Waals surface area contributed by atoms with Crippen molar-refractivity contribution in [3.05, 3.63) is 24.3 Å². The zero-order valence-electron chi connectivity index (χ0n) is 36.1. The average molecular weight is 776 g/mol. The number of amides is 1. The maximum atomic E-state index is 13.0. The molecule has 322 valence electrons. The predicted molar refractivity (Wildman–Crippen MR) is 233 cm³/mol. The van der Waals surface area contributed by atoms with E-state index < -0.39 is 24.0 Å². The molecule has 0 aromatic heterocycles. The van der Waals surface area contributed by atoms with Crippen molar-refractivity contribution < 1.29 is 23.9 Å². The number of nitrogens with one attached hydrogen (secondary N) is 1. The van der Waals surface area contributed by atoms with Gasteiger partial charge in [0.05, 0.1) is 19.3 Å². The monoisotopic (exact) mass is 776 g/mol. The maximum absolute atomic E-state index is 13.0. The number of carbonyl (C=O) groups is 3. The molecule has 0 fully saturated rings. The van der Waals surface area contributed by atoms with Crippen molar-refractivity contribution in [3.8, 4) is 0 Å². The molecule has 8 heteroatoms. The van der Waals surface area contributed by atoms with E-state index in [1.165, 1.54) is 135 Å². The van der Waals surface area contributed by atoms with Gasteiger partial charge in [0.25, 0.3) is 0 Å². The molecule has 0 aliphatic carbocycles. The number of nitrogens with two attached hydrogens (primary N) is 2. The summed E-state index contributed by atoms with van der Waals surface area (Å²) < 4.78 is 11.0. The van der Waals surface area contributed by atoms with Crippen LogP contribution in [0.1, 0.15) is 226 Å². The molecule has 55 heavy (non-hydrogen) atoms. The third-order valence-electron chi connectivity index (χ3n) is 10.4. The Morgan fingerprint density at radius 3 is 1.35 bits per heavy atom. The summed E-state index contributed by atoms with van der Waals surface area (Å²) in [6.45, 7) is 5.74. The lowest BCUT2D eigenvalue weighted by Crippen LogP contribution is -2.49. The van der Waals surface area contributed by atoms with Crippen molar-refractivity contribution in [2.75, 3.05) is 19.8 Å². The fourth-order valence-electron chi connectivity index (χ4n) is 6.66. The highest BCUT2D eigenvalue weighted by molar-refractivity contribution is 5.87. The summed E-state index contributed by atoms with van der Waals surface area (Å²) in [5.41, 5.74) is 11.7. The lowest BCUT2D eigenvalue weighted by atomic mass is 10.1. The summed E-state index contributed by atoms with van der Waals surface area (Å²) in [5.74, 6) is -1.29. The van der Waals surface area contributed by atoms with E-state index in [1.54, 1.807) is 0 Å². The van der Waals surface area contributed by atoms with Crippen molar-refractivity contribution in [3.63, 3.8) is 0 Å². The van der Waals surface area contributed by atoms with E-state index in [4.69, 9.17) is 20.9 Å². The van der Waals surface area contributed by atoms with E-state index in [9.17, 15) is 14.4 Å². The summed E-state index contributed by atoms with van der Waals surface area (Å²) in [7, 11) is 0. The number of hydrogen-bond acceptors (Lipinski definition) is 7. The van der Waals surface area contributed by atoms with Crippen LogP contribution in [0.3, 0.4) is 0 Å². The van der Waals surface area contributed by atoms with Crippen molar-refractivity contribution in [1.29, 1.82) is 0 Å². The first-order valence-corrected chi connectivity index (χ1v) is 23.3. The molecule has 0 radical (unpaired) electrons.